The van der Waals surface area contributed by atoms with E-state index < -0.39 is 0 Å². The molecule has 0 atom stereocenters. The van der Waals surface area contributed by atoms with Gasteiger partial charge in [0.2, 0.25) is 5.91 Å². The topological polar surface area (TPSA) is 84.5 Å². The largest absolute Gasteiger partial charge is 0.494 e. The van der Waals surface area contributed by atoms with Crippen LogP contribution in [0.3, 0.4) is 0 Å². The Hall–Kier alpha value is -2.86. The second kappa shape index (κ2) is 11.2. The van der Waals surface area contributed by atoms with Crippen molar-refractivity contribution in [1.82, 2.24) is 5.32 Å². The van der Waals surface area contributed by atoms with Crippen LogP contribution >= 0.6 is 11.6 Å². The Balaban J connectivity index is 1.87. The van der Waals surface area contributed by atoms with Crippen LogP contribution in [-0.4, -0.2) is 30.7 Å². The van der Waals surface area contributed by atoms with Gasteiger partial charge in [-0.3, -0.25) is 14.4 Å². The Labute approximate surface area is 175 Å². The number of carbonyl (C=O) groups excluding carboxylic acids is 3. The average Bonchev–Trinajstić information content (AvgIpc) is 2.71. The maximum Gasteiger partial charge on any atom is 0.252 e. The monoisotopic (exact) mass is 416 g/mol. The van der Waals surface area contributed by atoms with Crippen LogP contribution in [0.1, 0.15) is 53.8 Å². The summed E-state index contributed by atoms with van der Waals surface area (Å²) < 4.78 is 5.35. The molecule has 2 aromatic carbocycles. The summed E-state index contributed by atoms with van der Waals surface area (Å²) in [4.78, 5) is 36.4. The average molecular weight is 417 g/mol. The van der Waals surface area contributed by atoms with Gasteiger partial charge in [-0.2, -0.15) is 0 Å². The predicted molar refractivity (Wildman–Crippen MR) is 114 cm³/mol. The van der Waals surface area contributed by atoms with E-state index in [4.69, 9.17) is 16.3 Å². The fraction of sp³-hybridized carbons (Fsp3) is 0.318. The van der Waals surface area contributed by atoms with Gasteiger partial charge in [0.15, 0.2) is 5.78 Å². The van der Waals surface area contributed by atoms with Gasteiger partial charge in [-0.15, -0.1) is 0 Å². The number of nitrogens with one attached hydrogen (secondary N) is 2. The third-order valence-corrected chi connectivity index (χ3v) is 4.41. The number of carbonyl (C=O) groups is 3. The third-order valence-electron chi connectivity index (χ3n) is 4.10. The highest BCUT2D eigenvalue weighted by molar-refractivity contribution is 6.34. The molecule has 0 saturated heterocycles. The lowest BCUT2D eigenvalue weighted by Crippen LogP contribution is -2.24. The van der Waals surface area contributed by atoms with Crippen LogP contribution in [0.5, 0.6) is 5.75 Å². The molecule has 0 aliphatic rings. The lowest BCUT2D eigenvalue weighted by Gasteiger charge is -2.09. The number of halogens is 1. The van der Waals surface area contributed by atoms with Crippen molar-refractivity contribution in [3.8, 4) is 5.75 Å². The van der Waals surface area contributed by atoms with Gasteiger partial charge < -0.3 is 15.4 Å². The first-order valence-corrected chi connectivity index (χ1v) is 9.96. The first-order valence-electron chi connectivity index (χ1n) is 9.58. The molecule has 0 aliphatic carbocycles. The molecule has 0 fully saturated rings. The van der Waals surface area contributed by atoms with Crippen LogP contribution in [0.25, 0.3) is 0 Å². The quantitative estimate of drug-likeness (QED) is 0.559. The fourth-order valence-electron chi connectivity index (χ4n) is 2.61. The van der Waals surface area contributed by atoms with Crippen molar-refractivity contribution < 1.29 is 19.1 Å². The van der Waals surface area contributed by atoms with Crippen LogP contribution in [0, 0.1) is 0 Å². The molecule has 0 aliphatic heterocycles. The molecule has 2 amide bonds. The van der Waals surface area contributed by atoms with E-state index in [1.165, 1.54) is 6.07 Å². The minimum Gasteiger partial charge on any atom is -0.494 e. The number of Topliss-reactive ketones (excluding diaryl/α,β-unsaturated/α-hetero) is 1. The molecule has 6 nitrogen and oxygen atoms in total. The highest BCUT2D eigenvalue weighted by atomic mass is 35.5. The smallest absolute Gasteiger partial charge is 0.252 e. The summed E-state index contributed by atoms with van der Waals surface area (Å²) in [6, 6.07) is 11.5. The SMILES string of the molecule is CCCNC(=O)c1ccc(NC(=O)CCC(=O)c2ccc(OCC)cc2)cc1Cl. The molecule has 0 spiro atoms. The van der Waals surface area contributed by atoms with E-state index in [-0.39, 0.29) is 35.5 Å². The van der Waals surface area contributed by atoms with E-state index in [2.05, 4.69) is 10.6 Å². The third kappa shape index (κ3) is 6.91. The zero-order valence-corrected chi connectivity index (χ0v) is 17.3. The number of amides is 2. The van der Waals surface area contributed by atoms with Crippen LogP contribution < -0.4 is 15.4 Å². The van der Waals surface area contributed by atoms with Crippen LogP contribution in [-0.2, 0) is 4.79 Å². The van der Waals surface area contributed by atoms with E-state index in [0.29, 0.717) is 35.7 Å². The van der Waals surface area contributed by atoms with Gasteiger partial charge >= 0.3 is 0 Å². The molecule has 2 aromatic rings. The fourth-order valence-corrected chi connectivity index (χ4v) is 2.88. The Morgan fingerprint density at radius 2 is 1.72 bits per heavy atom. The van der Waals surface area contributed by atoms with Crippen LogP contribution in [0.2, 0.25) is 5.02 Å². The van der Waals surface area contributed by atoms with Crippen LogP contribution in [0.4, 0.5) is 5.69 Å². The number of ether oxygens (including phenoxy) is 1. The van der Waals surface area contributed by atoms with E-state index in [9.17, 15) is 14.4 Å². The molecule has 0 radical (unpaired) electrons. The number of hydrogen-bond donors (Lipinski definition) is 2. The lowest BCUT2D eigenvalue weighted by atomic mass is 10.1. The Morgan fingerprint density at radius 1 is 1.00 bits per heavy atom. The molecule has 2 N–H and O–H groups in total. The predicted octanol–water partition coefficient (Wildman–Crippen LogP) is 4.48. The second-order valence-electron chi connectivity index (χ2n) is 6.38. The zero-order valence-electron chi connectivity index (χ0n) is 16.6. The number of rotatable bonds is 10. The first kappa shape index (κ1) is 22.4. The maximum atomic E-state index is 12.2. The molecule has 0 bridgehead atoms. The Kier molecular flexibility index (Phi) is 8.68. The normalized spacial score (nSPS) is 10.3. The van der Waals surface area contributed by atoms with Crippen molar-refractivity contribution in [1.29, 1.82) is 0 Å². The van der Waals surface area contributed by atoms with Crippen molar-refractivity contribution in [3.63, 3.8) is 0 Å². The van der Waals surface area contributed by atoms with Crippen LogP contribution in [0.15, 0.2) is 42.5 Å². The standard InChI is InChI=1S/C22H25ClN2O4/c1-3-13-24-22(28)18-10-7-16(14-19(18)23)25-21(27)12-11-20(26)15-5-8-17(9-6-15)29-4-2/h5-10,14H,3-4,11-13H2,1-2H3,(H,24,28)(H,25,27). The van der Waals surface area contributed by atoms with Gasteiger partial charge in [0.1, 0.15) is 5.75 Å². The van der Waals surface area contributed by atoms with E-state index in [0.717, 1.165) is 6.42 Å². The summed E-state index contributed by atoms with van der Waals surface area (Å²) in [5.41, 5.74) is 1.36. The first-order chi connectivity index (χ1) is 13.9. The summed E-state index contributed by atoms with van der Waals surface area (Å²) in [6.45, 7) is 4.97. The van der Waals surface area contributed by atoms with E-state index >= 15 is 0 Å². The van der Waals surface area contributed by atoms with Crippen molar-refractivity contribution in [3.05, 3.63) is 58.6 Å². The minimum atomic E-state index is -0.302. The summed E-state index contributed by atoms with van der Waals surface area (Å²) in [6.07, 6.45) is 0.959. The minimum absolute atomic E-state index is 0.0440. The van der Waals surface area contributed by atoms with Gasteiger partial charge in [-0.05, 0) is 55.8 Å². The number of ketones is 1. The van der Waals surface area contributed by atoms with Gasteiger partial charge in [0, 0.05) is 30.6 Å². The molecular weight excluding hydrogens is 392 g/mol. The molecule has 0 aromatic heterocycles. The van der Waals surface area contributed by atoms with Crippen molar-refractivity contribution in [2.45, 2.75) is 33.1 Å². The summed E-state index contributed by atoms with van der Waals surface area (Å²) >= 11 is 6.15. The molecular formula is C22H25ClN2O4. The number of anilines is 1. The van der Waals surface area contributed by atoms with Gasteiger partial charge in [0.05, 0.1) is 17.2 Å². The highest BCUT2D eigenvalue weighted by Crippen LogP contribution is 2.21. The Morgan fingerprint density at radius 3 is 2.34 bits per heavy atom. The van der Waals surface area contributed by atoms with Gasteiger partial charge in [-0.1, -0.05) is 18.5 Å². The Bertz CT molecular complexity index is 866. The maximum absolute atomic E-state index is 12.2. The molecule has 2 rings (SSSR count). The van der Waals surface area contributed by atoms with Gasteiger partial charge in [0.25, 0.3) is 5.91 Å². The summed E-state index contributed by atoms with van der Waals surface area (Å²) in [5.74, 6) is 0.0221. The van der Waals surface area contributed by atoms with Crippen molar-refractivity contribution in [2.24, 2.45) is 0 Å². The lowest BCUT2D eigenvalue weighted by molar-refractivity contribution is -0.116. The summed E-state index contributed by atoms with van der Waals surface area (Å²) in [7, 11) is 0. The molecule has 0 saturated carbocycles. The van der Waals surface area contributed by atoms with E-state index in [1.54, 1.807) is 36.4 Å². The number of hydrogen-bond acceptors (Lipinski definition) is 4. The van der Waals surface area contributed by atoms with Crippen molar-refractivity contribution in [2.75, 3.05) is 18.5 Å². The highest BCUT2D eigenvalue weighted by Gasteiger charge is 2.13. The number of benzene rings is 2. The second-order valence-corrected chi connectivity index (χ2v) is 6.79. The zero-order chi connectivity index (χ0) is 21.2. The van der Waals surface area contributed by atoms with Gasteiger partial charge in [-0.25, -0.2) is 0 Å². The van der Waals surface area contributed by atoms with Crippen molar-refractivity contribution >= 4 is 34.9 Å². The van der Waals surface area contributed by atoms with E-state index in [1.807, 2.05) is 13.8 Å². The molecule has 7 heteroatoms. The molecule has 154 valence electrons. The molecule has 0 unspecified atom stereocenters. The summed E-state index contributed by atoms with van der Waals surface area (Å²) in [5, 5.41) is 5.70. The molecule has 29 heavy (non-hydrogen) atoms. The molecule has 0 heterocycles.